The number of furan rings is 1. The van der Waals surface area contributed by atoms with Crippen LogP contribution in [0.2, 0.25) is 0 Å². The van der Waals surface area contributed by atoms with E-state index in [9.17, 15) is 0 Å². The van der Waals surface area contributed by atoms with Crippen LogP contribution in [0, 0.1) is 5.92 Å². The first kappa shape index (κ1) is 12.1. The highest BCUT2D eigenvalue weighted by molar-refractivity contribution is 9.10. The number of hydrogen-bond acceptors (Lipinski definition) is 3. The fraction of sp³-hybridized carbons (Fsp3) is 0.667. The van der Waals surface area contributed by atoms with Crippen LogP contribution in [0.4, 0.5) is 0 Å². The third-order valence-corrected chi connectivity index (χ3v) is 3.81. The van der Waals surface area contributed by atoms with Gasteiger partial charge in [0.25, 0.3) is 0 Å². The topological polar surface area (TPSA) is 28.4 Å². The second kappa shape index (κ2) is 5.34. The van der Waals surface area contributed by atoms with Crippen LogP contribution < -0.4 is 5.32 Å². The predicted octanol–water partition coefficient (Wildman–Crippen LogP) is 2.64. The maximum absolute atomic E-state index is 5.72. The molecule has 2 unspecified atom stereocenters. The molecule has 0 aliphatic carbocycles. The molecule has 0 spiro atoms. The van der Waals surface area contributed by atoms with Crippen molar-refractivity contribution in [2.75, 3.05) is 26.7 Å². The molecule has 0 aromatic carbocycles. The van der Waals surface area contributed by atoms with Gasteiger partial charge in [0.2, 0.25) is 0 Å². The Morgan fingerprint density at radius 3 is 2.94 bits per heavy atom. The van der Waals surface area contributed by atoms with E-state index in [1.807, 2.05) is 13.1 Å². The largest absolute Gasteiger partial charge is 0.453 e. The standard InChI is InChI=1S/C12H19BrN2O/c1-3-15-7-6-9(8-14-2)12(15)10-4-5-11(13)16-10/h4-5,9,12,14H,3,6-8H2,1-2H3. The summed E-state index contributed by atoms with van der Waals surface area (Å²) in [7, 11) is 2.02. The molecule has 3 nitrogen and oxygen atoms in total. The number of rotatable bonds is 4. The second-order valence-corrected chi connectivity index (χ2v) is 5.10. The van der Waals surface area contributed by atoms with Gasteiger partial charge in [0.15, 0.2) is 4.67 Å². The molecular formula is C12H19BrN2O. The van der Waals surface area contributed by atoms with E-state index in [1.165, 1.54) is 13.0 Å². The molecule has 1 saturated heterocycles. The highest BCUT2D eigenvalue weighted by Crippen LogP contribution is 2.37. The first-order valence-corrected chi connectivity index (χ1v) is 6.69. The van der Waals surface area contributed by atoms with Crippen molar-refractivity contribution < 1.29 is 4.42 Å². The molecule has 1 aliphatic rings. The highest BCUT2D eigenvalue weighted by atomic mass is 79.9. The van der Waals surface area contributed by atoms with Crippen LogP contribution in [-0.2, 0) is 0 Å². The average molecular weight is 287 g/mol. The minimum absolute atomic E-state index is 0.434. The highest BCUT2D eigenvalue weighted by Gasteiger charge is 2.35. The van der Waals surface area contributed by atoms with E-state index in [-0.39, 0.29) is 0 Å². The van der Waals surface area contributed by atoms with E-state index >= 15 is 0 Å². The minimum atomic E-state index is 0.434. The molecule has 1 N–H and O–H groups in total. The van der Waals surface area contributed by atoms with E-state index in [4.69, 9.17) is 4.42 Å². The van der Waals surface area contributed by atoms with Gasteiger partial charge in [-0.05, 0) is 67.1 Å². The zero-order chi connectivity index (χ0) is 11.5. The first-order valence-electron chi connectivity index (χ1n) is 5.90. The molecular weight excluding hydrogens is 268 g/mol. The van der Waals surface area contributed by atoms with E-state index < -0.39 is 0 Å². The Labute approximate surface area is 105 Å². The zero-order valence-electron chi connectivity index (χ0n) is 9.87. The van der Waals surface area contributed by atoms with Gasteiger partial charge in [0.1, 0.15) is 5.76 Å². The maximum Gasteiger partial charge on any atom is 0.169 e. The van der Waals surface area contributed by atoms with Crippen molar-refractivity contribution >= 4 is 15.9 Å². The van der Waals surface area contributed by atoms with Gasteiger partial charge in [0, 0.05) is 0 Å². The third kappa shape index (κ3) is 2.34. The van der Waals surface area contributed by atoms with E-state index in [2.05, 4.69) is 39.1 Å². The summed E-state index contributed by atoms with van der Waals surface area (Å²) in [5, 5.41) is 3.28. The third-order valence-electron chi connectivity index (χ3n) is 3.39. The van der Waals surface area contributed by atoms with Crippen molar-refractivity contribution in [2.24, 2.45) is 5.92 Å². The van der Waals surface area contributed by atoms with Crippen LogP contribution in [0.1, 0.15) is 25.1 Å². The van der Waals surface area contributed by atoms with Gasteiger partial charge in [-0.25, -0.2) is 0 Å². The van der Waals surface area contributed by atoms with Crippen LogP contribution >= 0.6 is 15.9 Å². The van der Waals surface area contributed by atoms with Crippen molar-refractivity contribution in [3.05, 3.63) is 22.6 Å². The van der Waals surface area contributed by atoms with E-state index in [1.54, 1.807) is 0 Å². The Bertz CT molecular complexity index is 340. The van der Waals surface area contributed by atoms with E-state index in [0.29, 0.717) is 12.0 Å². The Balaban J connectivity index is 2.18. The number of likely N-dealkylation sites (tertiary alicyclic amines) is 1. The number of nitrogens with zero attached hydrogens (tertiary/aromatic N) is 1. The smallest absolute Gasteiger partial charge is 0.169 e. The van der Waals surface area contributed by atoms with Gasteiger partial charge in [-0.3, -0.25) is 4.90 Å². The van der Waals surface area contributed by atoms with E-state index in [0.717, 1.165) is 23.5 Å². The van der Waals surface area contributed by atoms with Crippen molar-refractivity contribution in [2.45, 2.75) is 19.4 Å². The van der Waals surface area contributed by atoms with Crippen LogP contribution in [0.3, 0.4) is 0 Å². The Morgan fingerprint density at radius 2 is 2.38 bits per heavy atom. The number of nitrogens with one attached hydrogen (secondary N) is 1. The summed E-state index contributed by atoms with van der Waals surface area (Å²) >= 11 is 3.38. The maximum atomic E-state index is 5.72. The summed E-state index contributed by atoms with van der Waals surface area (Å²) in [6, 6.07) is 4.51. The predicted molar refractivity (Wildman–Crippen MR) is 68.4 cm³/mol. The van der Waals surface area contributed by atoms with Crippen molar-refractivity contribution in [1.82, 2.24) is 10.2 Å². The molecule has 0 bridgehead atoms. The molecule has 1 aromatic heterocycles. The molecule has 1 fully saturated rings. The summed E-state index contributed by atoms with van der Waals surface area (Å²) in [6.07, 6.45) is 1.25. The van der Waals surface area contributed by atoms with Crippen LogP contribution in [0.15, 0.2) is 21.2 Å². The van der Waals surface area contributed by atoms with Gasteiger partial charge in [-0.2, -0.15) is 0 Å². The average Bonchev–Trinajstić information content (AvgIpc) is 2.85. The number of halogens is 1. The van der Waals surface area contributed by atoms with Gasteiger partial charge < -0.3 is 9.73 Å². The van der Waals surface area contributed by atoms with Crippen LogP contribution in [0.5, 0.6) is 0 Å². The van der Waals surface area contributed by atoms with Crippen molar-refractivity contribution in [3.63, 3.8) is 0 Å². The molecule has 2 atom stereocenters. The molecule has 4 heteroatoms. The van der Waals surface area contributed by atoms with Crippen LogP contribution in [0.25, 0.3) is 0 Å². The van der Waals surface area contributed by atoms with Gasteiger partial charge in [-0.15, -0.1) is 0 Å². The summed E-state index contributed by atoms with van der Waals surface area (Å²) in [5.74, 6) is 1.74. The second-order valence-electron chi connectivity index (χ2n) is 4.32. The Kier molecular flexibility index (Phi) is 4.05. The minimum Gasteiger partial charge on any atom is -0.453 e. The summed E-state index contributed by atoms with van der Waals surface area (Å²) in [4.78, 5) is 2.49. The Morgan fingerprint density at radius 1 is 1.56 bits per heavy atom. The molecule has 16 heavy (non-hydrogen) atoms. The lowest BCUT2D eigenvalue weighted by atomic mass is 9.98. The normalized spacial score (nSPS) is 26.4. The van der Waals surface area contributed by atoms with Gasteiger partial charge >= 0.3 is 0 Å². The van der Waals surface area contributed by atoms with Gasteiger partial charge in [-0.1, -0.05) is 6.92 Å². The quantitative estimate of drug-likeness (QED) is 0.923. The molecule has 0 radical (unpaired) electrons. The molecule has 2 heterocycles. The molecule has 90 valence electrons. The van der Waals surface area contributed by atoms with Crippen LogP contribution in [-0.4, -0.2) is 31.6 Å². The lowest BCUT2D eigenvalue weighted by molar-refractivity contribution is 0.205. The molecule has 2 rings (SSSR count). The molecule has 0 saturated carbocycles. The summed E-state index contributed by atoms with van der Waals surface area (Å²) in [5.41, 5.74) is 0. The lowest BCUT2D eigenvalue weighted by Gasteiger charge is -2.25. The monoisotopic (exact) mass is 286 g/mol. The summed E-state index contributed by atoms with van der Waals surface area (Å²) in [6.45, 7) is 5.53. The first-order chi connectivity index (χ1) is 7.76. The zero-order valence-corrected chi connectivity index (χ0v) is 11.5. The van der Waals surface area contributed by atoms with Crippen molar-refractivity contribution in [3.8, 4) is 0 Å². The van der Waals surface area contributed by atoms with Crippen molar-refractivity contribution in [1.29, 1.82) is 0 Å². The number of hydrogen-bond donors (Lipinski definition) is 1. The van der Waals surface area contributed by atoms with Gasteiger partial charge in [0.05, 0.1) is 6.04 Å². The molecule has 1 aromatic rings. The fourth-order valence-corrected chi connectivity index (χ4v) is 2.98. The Hall–Kier alpha value is -0.320. The summed E-state index contributed by atoms with van der Waals surface area (Å²) < 4.78 is 6.55. The molecule has 0 amide bonds. The lowest BCUT2D eigenvalue weighted by Crippen LogP contribution is -2.28. The fourth-order valence-electron chi connectivity index (χ4n) is 2.66. The SMILES string of the molecule is CCN1CCC(CNC)C1c1ccc(Br)o1. The molecule has 1 aliphatic heterocycles.